The van der Waals surface area contributed by atoms with E-state index in [0.29, 0.717) is 11.3 Å². The molecule has 5 rings (SSSR count). The first-order chi connectivity index (χ1) is 18.9. The van der Waals surface area contributed by atoms with Crippen molar-refractivity contribution in [1.29, 1.82) is 0 Å². The lowest BCUT2D eigenvalue weighted by Crippen LogP contribution is -2.47. The first-order valence-corrected chi connectivity index (χ1v) is 13.2. The van der Waals surface area contributed by atoms with Crippen molar-refractivity contribution in [3.8, 4) is 11.1 Å². The largest absolute Gasteiger partial charge is 0.366 e. The second-order valence-corrected chi connectivity index (χ2v) is 10.2. The summed E-state index contributed by atoms with van der Waals surface area (Å²) in [6.07, 6.45) is 0.541. The number of amides is 3. The molecule has 0 bridgehead atoms. The van der Waals surface area contributed by atoms with Crippen LogP contribution in [0.5, 0.6) is 0 Å². The number of likely N-dealkylation sites (N-methyl/N-ethyl adjacent to an activating group) is 1. The van der Waals surface area contributed by atoms with Gasteiger partial charge in [-0.05, 0) is 47.0 Å². The second kappa shape index (κ2) is 11.4. The number of nitrogens with two attached hydrogens (primary N) is 1. The van der Waals surface area contributed by atoms with Crippen LogP contribution in [0, 0.1) is 0 Å². The lowest BCUT2D eigenvalue weighted by molar-refractivity contribution is -0.127. The van der Waals surface area contributed by atoms with E-state index in [4.69, 9.17) is 5.73 Å². The molecule has 1 heterocycles. The van der Waals surface area contributed by atoms with Crippen molar-refractivity contribution in [3.63, 3.8) is 0 Å². The Hall–Kier alpha value is -4.69. The number of hydrogen-bond donors (Lipinski definition) is 2. The summed E-state index contributed by atoms with van der Waals surface area (Å²) < 4.78 is 0. The molecule has 4 aromatic rings. The minimum Gasteiger partial charge on any atom is -0.366 e. The highest BCUT2D eigenvalue weighted by atomic mass is 32.2. The van der Waals surface area contributed by atoms with E-state index >= 15 is 0 Å². The maximum Gasteiger partial charge on any atom is 0.272 e. The van der Waals surface area contributed by atoms with Gasteiger partial charge < -0.3 is 16.0 Å². The molecule has 3 amide bonds. The number of hydrogen-bond acceptors (Lipinski definition) is 5. The lowest BCUT2D eigenvalue weighted by atomic mass is 10.0. The third kappa shape index (κ3) is 5.76. The normalized spacial score (nSPS) is 15.3. The zero-order valence-corrected chi connectivity index (χ0v) is 22.0. The number of nitrogens with zero attached hydrogens (tertiary/aromatic N) is 2. The number of aliphatic imine (C=N–C) groups is 1. The van der Waals surface area contributed by atoms with Crippen LogP contribution in [0.1, 0.15) is 26.7 Å². The Kier molecular flexibility index (Phi) is 7.56. The molecule has 7 nitrogen and oxygen atoms in total. The lowest BCUT2D eigenvalue weighted by Gasteiger charge is -2.23. The van der Waals surface area contributed by atoms with E-state index in [-0.39, 0.29) is 11.8 Å². The Labute approximate surface area is 230 Å². The van der Waals surface area contributed by atoms with Gasteiger partial charge in [-0.15, -0.1) is 11.8 Å². The smallest absolute Gasteiger partial charge is 0.272 e. The zero-order valence-electron chi connectivity index (χ0n) is 21.2. The topological polar surface area (TPSA) is 105 Å². The standard InChI is InChI=1S/C31H26N4O3S/c1-35-26-18-23(20-12-14-22(15-13-20)28(32)36)16-17-24(26)19-33-29(31(35)38)34-30(37)27(21-8-4-2-5-9-21)39-25-10-6-3-7-11-25/h2-19,27,29H,1H3,(H2,32,36)(H,34,37). The molecule has 194 valence electrons. The van der Waals surface area contributed by atoms with Crippen LogP contribution < -0.4 is 16.0 Å². The minimum absolute atomic E-state index is 0.305. The van der Waals surface area contributed by atoms with Gasteiger partial charge in [-0.2, -0.15) is 0 Å². The maximum absolute atomic E-state index is 13.6. The monoisotopic (exact) mass is 534 g/mol. The number of rotatable bonds is 7. The van der Waals surface area contributed by atoms with Crippen LogP contribution in [0.2, 0.25) is 0 Å². The zero-order chi connectivity index (χ0) is 27.4. The summed E-state index contributed by atoms with van der Waals surface area (Å²) in [6, 6.07) is 31.8. The molecule has 0 saturated heterocycles. The van der Waals surface area contributed by atoms with Crippen molar-refractivity contribution in [2.45, 2.75) is 16.3 Å². The van der Waals surface area contributed by atoms with E-state index in [1.165, 1.54) is 16.7 Å². The fourth-order valence-electron chi connectivity index (χ4n) is 4.32. The second-order valence-electron chi connectivity index (χ2n) is 9.02. The van der Waals surface area contributed by atoms with Crippen LogP contribution in [-0.4, -0.2) is 37.1 Å². The predicted octanol–water partition coefficient (Wildman–Crippen LogP) is 4.82. The van der Waals surface area contributed by atoms with Crippen LogP contribution in [-0.2, 0) is 9.59 Å². The summed E-state index contributed by atoms with van der Waals surface area (Å²) in [7, 11) is 1.67. The van der Waals surface area contributed by atoms with Gasteiger partial charge in [0.1, 0.15) is 5.25 Å². The van der Waals surface area contributed by atoms with E-state index in [1.807, 2.05) is 91.0 Å². The summed E-state index contributed by atoms with van der Waals surface area (Å²) >= 11 is 1.42. The number of benzene rings is 4. The van der Waals surface area contributed by atoms with Gasteiger partial charge in [0.25, 0.3) is 5.91 Å². The highest BCUT2D eigenvalue weighted by Crippen LogP contribution is 2.36. The van der Waals surface area contributed by atoms with Gasteiger partial charge in [0, 0.05) is 29.3 Å². The molecule has 0 saturated carbocycles. The molecule has 0 fully saturated rings. The number of benzodiazepines with no additional fused rings is 1. The molecule has 39 heavy (non-hydrogen) atoms. The number of nitrogens with one attached hydrogen (secondary N) is 1. The minimum atomic E-state index is -1.07. The molecular weight excluding hydrogens is 508 g/mol. The third-order valence-electron chi connectivity index (χ3n) is 6.44. The summed E-state index contributed by atoms with van der Waals surface area (Å²) in [5.41, 5.74) is 9.75. The van der Waals surface area contributed by atoms with E-state index in [1.54, 1.807) is 25.4 Å². The quantitative estimate of drug-likeness (QED) is 0.332. The van der Waals surface area contributed by atoms with Gasteiger partial charge in [-0.1, -0.05) is 72.8 Å². The first-order valence-electron chi connectivity index (χ1n) is 12.3. The Morgan fingerprint density at radius 3 is 2.21 bits per heavy atom. The van der Waals surface area contributed by atoms with E-state index < -0.39 is 17.3 Å². The molecule has 2 unspecified atom stereocenters. The number of primary amides is 1. The van der Waals surface area contributed by atoms with Gasteiger partial charge in [0.15, 0.2) is 0 Å². The van der Waals surface area contributed by atoms with Gasteiger partial charge >= 0.3 is 0 Å². The molecule has 3 N–H and O–H groups in total. The molecule has 0 aliphatic carbocycles. The molecule has 0 radical (unpaired) electrons. The van der Waals surface area contributed by atoms with Gasteiger partial charge in [-0.3, -0.25) is 19.4 Å². The summed E-state index contributed by atoms with van der Waals surface area (Å²) in [5, 5.41) is 2.30. The third-order valence-corrected chi connectivity index (χ3v) is 7.70. The number of fused-ring (bicyclic) bond motifs is 1. The van der Waals surface area contributed by atoms with E-state index in [2.05, 4.69) is 10.3 Å². The molecule has 1 aliphatic rings. The summed E-state index contributed by atoms with van der Waals surface area (Å²) in [4.78, 5) is 45.3. The maximum atomic E-state index is 13.6. The molecule has 8 heteroatoms. The van der Waals surface area contributed by atoms with Gasteiger partial charge in [-0.25, -0.2) is 0 Å². The Morgan fingerprint density at radius 2 is 1.54 bits per heavy atom. The molecule has 2 atom stereocenters. The number of carbonyl (C=O) groups excluding carboxylic acids is 3. The average Bonchev–Trinajstić information content (AvgIpc) is 3.08. The van der Waals surface area contributed by atoms with Crippen molar-refractivity contribution in [3.05, 3.63) is 120 Å². The van der Waals surface area contributed by atoms with Gasteiger partial charge in [0.2, 0.25) is 18.0 Å². The predicted molar refractivity (Wildman–Crippen MR) is 155 cm³/mol. The fourth-order valence-corrected chi connectivity index (χ4v) is 5.37. The van der Waals surface area contributed by atoms with E-state index in [9.17, 15) is 14.4 Å². The fraction of sp³-hybridized carbons (Fsp3) is 0.0968. The molecule has 0 spiro atoms. The van der Waals surface area contributed by atoms with Crippen LogP contribution in [0.4, 0.5) is 5.69 Å². The SMILES string of the molecule is CN1C(=O)C(NC(=O)C(Sc2ccccc2)c2ccccc2)N=Cc2ccc(-c3ccc(C(N)=O)cc3)cc21. The highest BCUT2D eigenvalue weighted by Gasteiger charge is 2.31. The number of thioether (sulfide) groups is 1. The molecule has 1 aliphatic heterocycles. The van der Waals surface area contributed by atoms with Crippen molar-refractivity contribution in [2.24, 2.45) is 10.7 Å². The van der Waals surface area contributed by atoms with Crippen molar-refractivity contribution < 1.29 is 14.4 Å². The molecular formula is C31H26N4O3S. The number of anilines is 1. The van der Waals surface area contributed by atoms with Crippen molar-refractivity contribution >= 4 is 41.4 Å². The Morgan fingerprint density at radius 1 is 0.897 bits per heavy atom. The summed E-state index contributed by atoms with van der Waals surface area (Å²) in [6.45, 7) is 0. The van der Waals surface area contributed by atoms with Gasteiger partial charge in [0.05, 0.1) is 5.69 Å². The van der Waals surface area contributed by atoms with Crippen LogP contribution in [0.15, 0.2) is 113 Å². The van der Waals surface area contributed by atoms with Crippen LogP contribution in [0.3, 0.4) is 0 Å². The average molecular weight is 535 g/mol. The Bertz CT molecular complexity index is 1540. The number of carbonyl (C=O) groups is 3. The molecule has 0 aromatic heterocycles. The Balaban J connectivity index is 1.38. The molecule has 4 aromatic carbocycles. The summed E-state index contributed by atoms with van der Waals surface area (Å²) in [5.74, 6) is -1.15. The first kappa shape index (κ1) is 25.9. The van der Waals surface area contributed by atoms with E-state index in [0.717, 1.165) is 27.1 Å². The van der Waals surface area contributed by atoms with Crippen LogP contribution in [0.25, 0.3) is 11.1 Å². The highest BCUT2D eigenvalue weighted by molar-refractivity contribution is 8.00. The van der Waals surface area contributed by atoms with Crippen LogP contribution >= 0.6 is 11.8 Å². The van der Waals surface area contributed by atoms with Crippen molar-refractivity contribution in [2.75, 3.05) is 11.9 Å². The van der Waals surface area contributed by atoms with Crippen molar-refractivity contribution in [1.82, 2.24) is 5.32 Å².